The molecule has 0 spiro atoms. The van der Waals surface area contributed by atoms with Crippen molar-refractivity contribution in [2.45, 2.75) is 110 Å². The van der Waals surface area contributed by atoms with E-state index in [-0.39, 0.29) is 0 Å². The number of piperidine rings is 1. The van der Waals surface area contributed by atoms with Gasteiger partial charge in [0, 0.05) is 47.9 Å². The van der Waals surface area contributed by atoms with E-state index in [1.54, 1.807) is 5.32 Å². The number of amides is 1. The first kappa shape index (κ1) is 28.2. The van der Waals surface area contributed by atoms with Crippen molar-refractivity contribution in [3.05, 3.63) is 29.8 Å². The number of hydrogen-bond acceptors (Lipinski definition) is 2. The molecule has 2 N–H and O–H groups in total. The van der Waals surface area contributed by atoms with Gasteiger partial charge in [0.25, 0.3) is 0 Å². The van der Waals surface area contributed by atoms with Crippen LogP contribution in [0.1, 0.15) is 84.7 Å². The van der Waals surface area contributed by atoms with Gasteiger partial charge in [0.2, 0.25) is 0 Å². The minimum Gasteiger partial charge on any atom is -0.465 e. The van der Waals surface area contributed by atoms with Crippen LogP contribution in [0.3, 0.4) is 0 Å². The van der Waals surface area contributed by atoms with Gasteiger partial charge in [-0.05, 0) is 68.4 Å². The van der Waals surface area contributed by atoms with Gasteiger partial charge in [0.05, 0.1) is 0 Å². The van der Waals surface area contributed by atoms with Crippen LogP contribution < -0.4 is 10.6 Å². The quantitative estimate of drug-likeness (QED) is 0.328. The van der Waals surface area contributed by atoms with Gasteiger partial charge in [-0.25, -0.2) is 4.79 Å². The van der Waals surface area contributed by atoms with Gasteiger partial charge >= 0.3 is 6.09 Å². The Hall–Kier alpha value is -1.79. The van der Waals surface area contributed by atoms with Crippen molar-refractivity contribution in [1.29, 1.82) is 0 Å². The smallest absolute Gasteiger partial charge is 0.404 e. The fourth-order valence-corrected chi connectivity index (χ4v) is 11.9. The van der Waals surface area contributed by atoms with Crippen molar-refractivity contribution in [2.24, 2.45) is 11.8 Å². The molecule has 37 heavy (non-hydrogen) atoms. The van der Waals surface area contributed by atoms with Crippen LogP contribution in [0.4, 0.5) is 4.79 Å². The molecule has 2 fully saturated rings. The zero-order valence-corrected chi connectivity index (χ0v) is 25.1. The van der Waals surface area contributed by atoms with Crippen LogP contribution in [0.15, 0.2) is 24.3 Å². The highest BCUT2D eigenvalue weighted by molar-refractivity contribution is 6.91. The van der Waals surface area contributed by atoms with Crippen LogP contribution in [-0.2, 0) is 6.42 Å². The molecule has 1 aliphatic carbocycles. The number of fused-ring (bicyclic) bond motifs is 1. The molecule has 1 saturated heterocycles. The lowest BCUT2D eigenvalue weighted by molar-refractivity contribution is 0.0898. The standard InChI is InChI=1S/C31H51N3O2Si/c1-6-37(7-2,8-3)30-28(17-20-32-31(35)36)27-11-9-10-12-29(27)34(30)26-18-21-33(22-19-26)25-15-13-24(14-16-25)23(4)5/h9-12,23-26,32H,6-8,13-22H2,1-5H3,(H,35,36). The second kappa shape index (κ2) is 12.4. The number of carbonyl (C=O) groups is 1. The second-order valence-corrected chi connectivity index (χ2v) is 17.3. The predicted molar refractivity (Wildman–Crippen MR) is 159 cm³/mol. The summed E-state index contributed by atoms with van der Waals surface area (Å²) in [4.78, 5) is 14.1. The number of nitrogens with zero attached hydrogens (tertiary/aromatic N) is 2. The highest BCUT2D eigenvalue weighted by Gasteiger charge is 2.39. The summed E-state index contributed by atoms with van der Waals surface area (Å²) in [6.07, 6.45) is 7.87. The molecule has 4 rings (SSSR count). The third kappa shape index (κ3) is 5.80. The Morgan fingerprint density at radius 2 is 1.59 bits per heavy atom. The number of para-hydroxylation sites is 1. The molecule has 1 amide bonds. The van der Waals surface area contributed by atoms with Gasteiger partial charge in [0.15, 0.2) is 0 Å². The summed E-state index contributed by atoms with van der Waals surface area (Å²) in [6.45, 7) is 14.9. The maximum atomic E-state index is 11.3. The molecule has 1 aromatic carbocycles. The highest BCUT2D eigenvalue weighted by Crippen LogP contribution is 2.37. The molecular formula is C31H51N3O2Si. The van der Waals surface area contributed by atoms with E-state index in [0.29, 0.717) is 12.6 Å². The lowest BCUT2D eigenvalue weighted by Gasteiger charge is -2.43. The number of benzene rings is 1. The molecule has 206 valence electrons. The van der Waals surface area contributed by atoms with Crippen LogP contribution in [0, 0.1) is 11.8 Å². The third-order valence-electron chi connectivity index (χ3n) is 10.3. The summed E-state index contributed by atoms with van der Waals surface area (Å²) in [5.74, 6) is 1.75. The minimum atomic E-state index is -1.72. The fraction of sp³-hybridized carbons (Fsp3) is 0.710. The zero-order chi connectivity index (χ0) is 26.6. The maximum absolute atomic E-state index is 11.3. The summed E-state index contributed by atoms with van der Waals surface area (Å²) in [6, 6.07) is 14.0. The summed E-state index contributed by atoms with van der Waals surface area (Å²) < 4.78 is 2.79. The molecular weight excluding hydrogens is 474 g/mol. The number of rotatable bonds is 10. The SMILES string of the molecule is CC[Si](CC)(CC)c1c(CCNC(=O)O)c2ccccc2n1C1CCN(C2CCC(C(C)C)CC2)CC1. The summed E-state index contributed by atoms with van der Waals surface area (Å²) in [7, 11) is -1.72. The van der Waals surface area contributed by atoms with E-state index in [1.807, 2.05) is 0 Å². The first-order chi connectivity index (χ1) is 17.8. The number of hydrogen-bond donors (Lipinski definition) is 2. The van der Waals surface area contributed by atoms with Crippen LogP contribution in [0.5, 0.6) is 0 Å². The van der Waals surface area contributed by atoms with Crippen molar-refractivity contribution in [1.82, 2.24) is 14.8 Å². The first-order valence-electron chi connectivity index (χ1n) is 15.2. The number of nitrogens with one attached hydrogen (secondary N) is 1. The number of likely N-dealkylation sites (tertiary alicyclic amines) is 1. The van der Waals surface area contributed by atoms with E-state index in [9.17, 15) is 9.90 Å². The molecule has 5 nitrogen and oxygen atoms in total. The summed E-state index contributed by atoms with van der Waals surface area (Å²) >= 11 is 0. The molecule has 0 atom stereocenters. The van der Waals surface area contributed by atoms with Gasteiger partial charge in [-0.2, -0.15) is 0 Å². The van der Waals surface area contributed by atoms with Gasteiger partial charge in [0.1, 0.15) is 8.07 Å². The third-order valence-corrected chi connectivity index (χ3v) is 15.9. The second-order valence-electron chi connectivity index (χ2n) is 12.1. The summed E-state index contributed by atoms with van der Waals surface area (Å²) in [5, 5.41) is 14.9. The van der Waals surface area contributed by atoms with Gasteiger partial charge < -0.3 is 19.9 Å². The molecule has 6 heteroatoms. The van der Waals surface area contributed by atoms with Crippen LogP contribution in [0.25, 0.3) is 10.9 Å². The zero-order valence-electron chi connectivity index (χ0n) is 24.1. The van der Waals surface area contributed by atoms with Crippen molar-refractivity contribution in [3.63, 3.8) is 0 Å². The molecule has 1 saturated carbocycles. The number of carboxylic acid groups (broad SMARTS) is 1. The Morgan fingerprint density at radius 3 is 2.16 bits per heavy atom. The lowest BCUT2D eigenvalue weighted by atomic mass is 9.79. The average molecular weight is 526 g/mol. The van der Waals surface area contributed by atoms with Gasteiger partial charge in [-0.15, -0.1) is 0 Å². The van der Waals surface area contributed by atoms with Gasteiger partial charge in [-0.3, -0.25) is 0 Å². The summed E-state index contributed by atoms with van der Waals surface area (Å²) in [5.41, 5.74) is 2.81. The van der Waals surface area contributed by atoms with E-state index in [2.05, 4.69) is 73.7 Å². The lowest BCUT2D eigenvalue weighted by Crippen LogP contribution is -2.53. The average Bonchev–Trinajstić information content (AvgIpc) is 3.25. The fourth-order valence-electron chi connectivity index (χ4n) is 7.73. The molecule has 2 heterocycles. The molecule has 2 aliphatic rings. The largest absolute Gasteiger partial charge is 0.465 e. The van der Waals surface area contributed by atoms with Crippen LogP contribution >= 0.6 is 0 Å². The van der Waals surface area contributed by atoms with E-state index < -0.39 is 14.2 Å². The monoisotopic (exact) mass is 525 g/mol. The molecule has 1 aromatic heterocycles. The Kier molecular flexibility index (Phi) is 9.44. The maximum Gasteiger partial charge on any atom is 0.404 e. The number of aromatic nitrogens is 1. The Labute approximate surface area is 226 Å². The Bertz CT molecular complexity index is 1020. The van der Waals surface area contributed by atoms with Gasteiger partial charge in [-0.1, -0.05) is 71.0 Å². The van der Waals surface area contributed by atoms with E-state index in [0.717, 1.165) is 24.3 Å². The molecule has 1 aliphatic heterocycles. The van der Waals surface area contributed by atoms with Crippen molar-refractivity contribution in [2.75, 3.05) is 19.6 Å². The van der Waals surface area contributed by atoms with Crippen molar-refractivity contribution < 1.29 is 9.90 Å². The van der Waals surface area contributed by atoms with E-state index in [4.69, 9.17) is 0 Å². The van der Waals surface area contributed by atoms with Crippen molar-refractivity contribution in [3.8, 4) is 0 Å². The Balaban J connectivity index is 1.64. The normalized spacial score (nSPS) is 22.1. The topological polar surface area (TPSA) is 57.5 Å². The van der Waals surface area contributed by atoms with Crippen molar-refractivity contribution >= 4 is 30.4 Å². The highest BCUT2D eigenvalue weighted by atomic mass is 28.3. The Morgan fingerprint density at radius 1 is 0.973 bits per heavy atom. The van der Waals surface area contributed by atoms with E-state index in [1.165, 1.54) is 86.2 Å². The molecule has 2 aromatic rings. The predicted octanol–water partition coefficient (Wildman–Crippen LogP) is 7.02. The first-order valence-corrected chi connectivity index (χ1v) is 17.8. The van der Waals surface area contributed by atoms with E-state index >= 15 is 0 Å². The molecule has 0 unspecified atom stereocenters. The minimum absolute atomic E-state index is 0.482. The van der Waals surface area contributed by atoms with Crippen LogP contribution in [-0.4, -0.2) is 54.4 Å². The molecule has 0 radical (unpaired) electrons. The molecule has 0 bridgehead atoms. The van der Waals surface area contributed by atoms with Crippen LogP contribution in [0.2, 0.25) is 18.1 Å².